The van der Waals surface area contributed by atoms with Gasteiger partial charge in [-0.05, 0) is 48.9 Å². The fraction of sp³-hybridized carbons (Fsp3) is 0.467. The molecule has 0 heterocycles. The molecule has 0 fully saturated rings. The quantitative estimate of drug-likeness (QED) is 0.800. The minimum absolute atomic E-state index is 0.0683. The highest BCUT2D eigenvalue weighted by Gasteiger charge is 2.34. The van der Waals surface area contributed by atoms with Crippen LogP contribution in [0.2, 0.25) is 0 Å². The number of amides is 1. The number of benzene rings is 1. The Morgan fingerprint density at radius 3 is 2.42 bits per heavy atom. The minimum Gasteiger partial charge on any atom is -0.478 e. The van der Waals surface area contributed by atoms with Gasteiger partial charge in [0.15, 0.2) is 0 Å². The van der Waals surface area contributed by atoms with Crippen LogP contribution in [0.1, 0.15) is 41.3 Å². The molecule has 4 nitrogen and oxygen atoms in total. The molecule has 1 aliphatic carbocycles. The third-order valence-corrected chi connectivity index (χ3v) is 4.12. The van der Waals surface area contributed by atoms with Gasteiger partial charge in [0.2, 0.25) is 5.91 Å². The molecule has 1 aliphatic rings. The molecule has 102 valence electrons. The normalized spacial score (nSPS) is 22.2. The number of carbonyl (C=O) groups excluding carboxylic acids is 1. The fourth-order valence-electron chi connectivity index (χ4n) is 2.71. The SMILES string of the molecule is CNC(=O)C1(C)CCc2ccc(C(=O)O)cc2CC1. The van der Waals surface area contributed by atoms with Gasteiger partial charge < -0.3 is 10.4 Å². The van der Waals surface area contributed by atoms with Crippen LogP contribution in [0.15, 0.2) is 18.2 Å². The molecule has 0 spiro atoms. The van der Waals surface area contributed by atoms with Gasteiger partial charge in [0.1, 0.15) is 0 Å². The molecule has 0 radical (unpaired) electrons. The zero-order valence-electron chi connectivity index (χ0n) is 11.3. The summed E-state index contributed by atoms with van der Waals surface area (Å²) in [7, 11) is 1.66. The lowest BCUT2D eigenvalue weighted by Gasteiger charge is -2.25. The van der Waals surface area contributed by atoms with Crippen molar-refractivity contribution in [1.82, 2.24) is 5.32 Å². The molecule has 0 saturated heterocycles. The topological polar surface area (TPSA) is 66.4 Å². The fourth-order valence-corrected chi connectivity index (χ4v) is 2.71. The number of carbonyl (C=O) groups is 2. The third kappa shape index (κ3) is 2.62. The number of aromatic carboxylic acids is 1. The first kappa shape index (κ1) is 13.6. The van der Waals surface area contributed by atoms with Gasteiger partial charge >= 0.3 is 5.97 Å². The standard InChI is InChI=1S/C15H19NO3/c1-15(14(19)16-2)7-5-10-3-4-12(13(17)18)9-11(10)6-8-15/h3-4,9H,5-8H2,1-2H3,(H,16,19)(H,17,18). The molecule has 1 unspecified atom stereocenters. The Bertz CT molecular complexity index is 524. The molecule has 1 aromatic carbocycles. The van der Waals surface area contributed by atoms with Crippen molar-refractivity contribution in [2.24, 2.45) is 5.41 Å². The minimum atomic E-state index is -0.902. The summed E-state index contributed by atoms with van der Waals surface area (Å²) in [6.45, 7) is 1.98. The van der Waals surface area contributed by atoms with Crippen molar-refractivity contribution in [1.29, 1.82) is 0 Å². The van der Waals surface area contributed by atoms with Gasteiger partial charge in [-0.3, -0.25) is 4.79 Å². The van der Waals surface area contributed by atoms with Crippen molar-refractivity contribution in [2.75, 3.05) is 7.05 Å². The Hall–Kier alpha value is -1.84. The highest BCUT2D eigenvalue weighted by molar-refractivity contribution is 5.88. The third-order valence-electron chi connectivity index (χ3n) is 4.12. The second-order valence-electron chi connectivity index (χ2n) is 5.43. The van der Waals surface area contributed by atoms with Crippen LogP contribution in [-0.2, 0) is 17.6 Å². The van der Waals surface area contributed by atoms with Gasteiger partial charge in [0, 0.05) is 12.5 Å². The van der Waals surface area contributed by atoms with E-state index in [1.54, 1.807) is 19.2 Å². The number of rotatable bonds is 2. The van der Waals surface area contributed by atoms with E-state index in [4.69, 9.17) is 5.11 Å². The summed E-state index contributed by atoms with van der Waals surface area (Å²) in [5.41, 5.74) is 2.18. The first-order valence-electron chi connectivity index (χ1n) is 6.53. The molecule has 2 rings (SSSR count). The van der Waals surface area contributed by atoms with Crippen LogP contribution in [0.4, 0.5) is 0 Å². The highest BCUT2D eigenvalue weighted by Crippen LogP contribution is 2.34. The van der Waals surface area contributed by atoms with E-state index < -0.39 is 5.97 Å². The second-order valence-corrected chi connectivity index (χ2v) is 5.43. The maximum Gasteiger partial charge on any atom is 0.335 e. The number of carboxylic acids is 1. The van der Waals surface area contributed by atoms with Crippen LogP contribution >= 0.6 is 0 Å². The molecule has 0 bridgehead atoms. The Balaban J connectivity index is 2.27. The molecular weight excluding hydrogens is 242 g/mol. The van der Waals surface area contributed by atoms with Crippen LogP contribution in [0.5, 0.6) is 0 Å². The molecule has 4 heteroatoms. The number of nitrogens with one attached hydrogen (secondary N) is 1. The number of hydrogen-bond donors (Lipinski definition) is 2. The molecule has 1 atom stereocenters. The van der Waals surface area contributed by atoms with E-state index in [0.717, 1.165) is 36.8 Å². The lowest BCUT2D eigenvalue weighted by molar-refractivity contribution is -0.130. The monoisotopic (exact) mass is 261 g/mol. The van der Waals surface area contributed by atoms with E-state index in [0.29, 0.717) is 5.56 Å². The van der Waals surface area contributed by atoms with Crippen molar-refractivity contribution in [3.63, 3.8) is 0 Å². The van der Waals surface area contributed by atoms with E-state index in [1.807, 2.05) is 13.0 Å². The molecule has 2 N–H and O–H groups in total. The van der Waals surface area contributed by atoms with Crippen LogP contribution < -0.4 is 5.32 Å². The lowest BCUT2D eigenvalue weighted by Crippen LogP contribution is -2.37. The summed E-state index contributed by atoms with van der Waals surface area (Å²) >= 11 is 0. The summed E-state index contributed by atoms with van der Waals surface area (Å²) in [6, 6.07) is 5.27. The lowest BCUT2D eigenvalue weighted by atomic mass is 9.81. The van der Waals surface area contributed by atoms with Gasteiger partial charge in [0.05, 0.1) is 5.56 Å². The van der Waals surface area contributed by atoms with Gasteiger partial charge in [-0.1, -0.05) is 13.0 Å². The maximum absolute atomic E-state index is 12.0. The molecular formula is C15H19NO3. The van der Waals surface area contributed by atoms with Crippen LogP contribution in [0, 0.1) is 5.41 Å². The van der Waals surface area contributed by atoms with Crippen LogP contribution in [0.3, 0.4) is 0 Å². The number of hydrogen-bond acceptors (Lipinski definition) is 2. The number of fused-ring (bicyclic) bond motifs is 1. The van der Waals surface area contributed by atoms with E-state index >= 15 is 0 Å². The van der Waals surface area contributed by atoms with Crippen molar-refractivity contribution >= 4 is 11.9 Å². The zero-order valence-corrected chi connectivity index (χ0v) is 11.3. The van der Waals surface area contributed by atoms with Gasteiger partial charge in [-0.25, -0.2) is 4.79 Å². The van der Waals surface area contributed by atoms with Crippen molar-refractivity contribution in [3.8, 4) is 0 Å². The Morgan fingerprint density at radius 1 is 1.21 bits per heavy atom. The van der Waals surface area contributed by atoms with Crippen molar-refractivity contribution < 1.29 is 14.7 Å². The highest BCUT2D eigenvalue weighted by atomic mass is 16.4. The van der Waals surface area contributed by atoms with Crippen molar-refractivity contribution in [2.45, 2.75) is 32.6 Å². The number of aryl methyl sites for hydroxylation is 2. The predicted molar refractivity (Wildman–Crippen MR) is 72.2 cm³/mol. The van der Waals surface area contributed by atoms with Crippen molar-refractivity contribution in [3.05, 3.63) is 34.9 Å². The van der Waals surface area contributed by atoms with E-state index in [2.05, 4.69) is 5.32 Å². The van der Waals surface area contributed by atoms with E-state index in [9.17, 15) is 9.59 Å². The largest absolute Gasteiger partial charge is 0.478 e. The molecule has 0 saturated carbocycles. The average molecular weight is 261 g/mol. The van der Waals surface area contributed by atoms with Gasteiger partial charge in [0.25, 0.3) is 0 Å². The smallest absolute Gasteiger partial charge is 0.335 e. The Morgan fingerprint density at radius 2 is 1.84 bits per heavy atom. The van der Waals surface area contributed by atoms with E-state index in [1.165, 1.54) is 0 Å². The molecule has 0 aromatic heterocycles. The molecule has 19 heavy (non-hydrogen) atoms. The predicted octanol–water partition coefficient (Wildman–Crippen LogP) is 2.02. The molecule has 0 aliphatic heterocycles. The van der Waals surface area contributed by atoms with Crippen LogP contribution in [-0.4, -0.2) is 24.0 Å². The Labute approximate surface area is 112 Å². The summed E-state index contributed by atoms with van der Waals surface area (Å²) in [5.74, 6) is -0.833. The zero-order chi connectivity index (χ0) is 14.0. The van der Waals surface area contributed by atoms with Crippen LogP contribution in [0.25, 0.3) is 0 Å². The summed E-state index contributed by atoms with van der Waals surface area (Å²) in [5, 5.41) is 11.7. The number of carboxylic acid groups (broad SMARTS) is 1. The summed E-state index contributed by atoms with van der Waals surface area (Å²) in [6.07, 6.45) is 3.12. The molecule has 1 amide bonds. The first-order valence-corrected chi connectivity index (χ1v) is 6.53. The van der Waals surface area contributed by atoms with Gasteiger partial charge in [-0.15, -0.1) is 0 Å². The van der Waals surface area contributed by atoms with E-state index in [-0.39, 0.29) is 11.3 Å². The first-order chi connectivity index (χ1) is 8.96. The summed E-state index contributed by atoms with van der Waals surface area (Å²) < 4.78 is 0. The van der Waals surface area contributed by atoms with Gasteiger partial charge in [-0.2, -0.15) is 0 Å². The second kappa shape index (κ2) is 5.03. The maximum atomic E-state index is 12.0. The Kier molecular flexibility index (Phi) is 3.60. The average Bonchev–Trinajstić information content (AvgIpc) is 2.58. The molecule has 1 aromatic rings. The summed E-state index contributed by atoms with van der Waals surface area (Å²) in [4.78, 5) is 23.0.